The van der Waals surface area contributed by atoms with Crippen LogP contribution in [0.25, 0.3) is 0 Å². The molecule has 0 aromatic heterocycles. The molecule has 1 spiro atoms. The molecule has 2 aliphatic heterocycles. The van der Waals surface area contributed by atoms with Gasteiger partial charge in [0, 0.05) is 26.3 Å². The lowest BCUT2D eigenvalue weighted by Gasteiger charge is -2.54. The number of likely N-dealkylation sites (tertiary alicyclic amines) is 2. The number of nitrogens with two attached hydrogens (primary N) is 1. The average Bonchev–Trinajstić information content (AvgIpc) is 2.16. The Morgan fingerprint density at radius 1 is 1.13 bits per heavy atom. The van der Waals surface area contributed by atoms with Crippen LogP contribution in [0.3, 0.4) is 0 Å². The molecule has 3 nitrogen and oxygen atoms in total. The van der Waals surface area contributed by atoms with Crippen LogP contribution in [-0.2, 0) is 0 Å². The van der Waals surface area contributed by atoms with Gasteiger partial charge < -0.3 is 10.6 Å². The number of nitrogens with zero attached hydrogens (tertiary/aromatic N) is 2. The zero-order chi connectivity index (χ0) is 10.9. The lowest BCUT2D eigenvalue weighted by molar-refractivity contribution is -0.0507. The van der Waals surface area contributed by atoms with Crippen molar-refractivity contribution in [2.45, 2.75) is 26.7 Å². The van der Waals surface area contributed by atoms with Crippen LogP contribution in [0.5, 0.6) is 0 Å². The molecule has 2 fully saturated rings. The van der Waals surface area contributed by atoms with E-state index in [0.29, 0.717) is 5.41 Å². The highest BCUT2D eigenvalue weighted by Crippen LogP contribution is 2.40. The number of rotatable bonds is 3. The molecule has 15 heavy (non-hydrogen) atoms. The molecule has 0 aromatic rings. The monoisotopic (exact) mass is 211 g/mol. The Kier molecular flexibility index (Phi) is 3.33. The van der Waals surface area contributed by atoms with Crippen LogP contribution in [0.15, 0.2) is 0 Å². The molecule has 2 rings (SSSR count). The van der Waals surface area contributed by atoms with Gasteiger partial charge in [0.05, 0.1) is 0 Å². The standard InChI is InChI=1S/C12H25N3/c1-11(2)7-15-8-12(9-15)3-5-14(10-13)6-4-12/h11H,3-10,13H2,1-2H3. The second kappa shape index (κ2) is 4.40. The average molecular weight is 211 g/mol. The highest BCUT2D eigenvalue weighted by atomic mass is 15.2. The van der Waals surface area contributed by atoms with Gasteiger partial charge in [-0.15, -0.1) is 0 Å². The number of hydrogen-bond acceptors (Lipinski definition) is 3. The van der Waals surface area contributed by atoms with Gasteiger partial charge in [0.25, 0.3) is 0 Å². The summed E-state index contributed by atoms with van der Waals surface area (Å²) in [7, 11) is 0. The lowest BCUT2D eigenvalue weighted by atomic mass is 9.72. The Hall–Kier alpha value is -0.120. The first-order valence-electron chi connectivity index (χ1n) is 6.28. The SMILES string of the molecule is CC(C)CN1CC2(CCN(CN)CC2)C1. The quantitative estimate of drug-likeness (QED) is 0.754. The van der Waals surface area contributed by atoms with E-state index in [1.165, 1.54) is 45.6 Å². The highest BCUT2D eigenvalue weighted by Gasteiger charge is 2.44. The normalized spacial score (nSPS) is 27.2. The van der Waals surface area contributed by atoms with Gasteiger partial charge in [-0.25, -0.2) is 0 Å². The highest BCUT2D eigenvalue weighted by molar-refractivity contribution is 4.98. The van der Waals surface area contributed by atoms with Crippen molar-refractivity contribution >= 4 is 0 Å². The van der Waals surface area contributed by atoms with E-state index in [4.69, 9.17) is 5.73 Å². The molecule has 2 heterocycles. The van der Waals surface area contributed by atoms with E-state index < -0.39 is 0 Å². The largest absolute Gasteiger partial charge is 0.318 e. The summed E-state index contributed by atoms with van der Waals surface area (Å²) in [6, 6.07) is 0. The predicted octanol–water partition coefficient (Wildman–Crippen LogP) is 0.956. The van der Waals surface area contributed by atoms with Gasteiger partial charge in [-0.3, -0.25) is 4.90 Å². The molecule has 3 heteroatoms. The molecule has 0 aliphatic carbocycles. The van der Waals surface area contributed by atoms with Crippen LogP contribution in [0.2, 0.25) is 0 Å². The van der Waals surface area contributed by atoms with E-state index in [9.17, 15) is 0 Å². The summed E-state index contributed by atoms with van der Waals surface area (Å²) in [6.45, 7) is 11.7. The molecule has 0 saturated carbocycles. The van der Waals surface area contributed by atoms with Crippen molar-refractivity contribution in [3.8, 4) is 0 Å². The fourth-order valence-corrected chi connectivity index (χ4v) is 3.07. The Labute approximate surface area is 93.6 Å². The maximum atomic E-state index is 5.66. The Balaban J connectivity index is 1.73. The molecule has 0 unspecified atom stereocenters. The first-order chi connectivity index (χ1) is 7.13. The molecule has 0 aromatic carbocycles. The van der Waals surface area contributed by atoms with Gasteiger partial charge in [-0.05, 0) is 37.3 Å². The fraction of sp³-hybridized carbons (Fsp3) is 1.00. The van der Waals surface area contributed by atoms with E-state index in [0.717, 1.165) is 12.6 Å². The Morgan fingerprint density at radius 3 is 2.20 bits per heavy atom. The Morgan fingerprint density at radius 2 is 1.73 bits per heavy atom. The van der Waals surface area contributed by atoms with Gasteiger partial charge in [0.1, 0.15) is 0 Å². The summed E-state index contributed by atoms with van der Waals surface area (Å²) < 4.78 is 0. The van der Waals surface area contributed by atoms with Crippen LogP contribution >= 0.6 is 0 Å². The Bertz CT molecular complexity index is 199. The van der Waals surface area contributed by atoms with Crippen molar-refractivity contribution in [1.29, 1.82) is 0 Å². The van der Waals surface area contributed by atoms with Crippen molar-refractivity contribution in [2.75, 3.05) is 39.4 Å². The van der Waals surface area contributed by atoms with Crippen LogP contribution in [0, 0.1) is 11.3 Å². The van der Waals surface area contributed by atoms with E-state index in [2.05, 4.69) is 23.6 Å². The molecule has 2 N–H and O–H groups in total. The van der Waals surface area contributed by atoms with Crippen molar-refractivity contribution in [3.63, 3.8) is 0 Å². The number of hydrogen-bond donors (Lipinski definition) is 1. The second-order valence-corrected chi connectivity index (χ2v) is 5.86. The third kappa shape index (κ3) is 2.52. The molecule has 0 radical (unpaired) electrons. The second-order valence-electron chi connectivity index (χ2n) is 5.86. The summed E-state index contributed by atoms with van der Waals surface area (Å²) >= 11 is 0. The van der Waals surface area contributed by atoms with Gasteiger partial charge in [0.15, 0.2) is 0 Å². The molecule has 0 atom stereocenters. The number of piperidine rings is 1. The predicted molar refractivity (Wildman–Crippen MR) is 63.6 cm³/mol. The topological polar surface area (TPSA) is 32.5 Å². The van der Waals surface area contributed by atoms with Crippen LogP contribution in [-0.4, -0.2) is 49.2 Å². The van der Waals surface area contributed by atoms with Crippen LogP contribution in [0.1, 0.15) is 26.7 Å². The van der Waals surface area contributed by atoms with Gasteiger partial charge in [-0.1, -0.05) is 13.8 Å². The van der Waals surface area contributed by atoms with E-state index in [1.807, 2.05) is 0 Å². The summed E-state index contributed by atoms with van der Waals surface area (Å²) in [5.74, 6) is 0.812. The van der Waals surface area contributed by atoms with E-state index in [-0.39, 0.29) is 0 Å². The summed E-state index contributed by atoms with van der Waals surface area (Å²) in [5.41, 5.74) is 6.33. The van der Waals surface area contributed by atoms with Crippen molar-refractivity contribution in [1.82, 2.24) is 9.80 Å². The van der Waals surface area contributed by atoms with Crippen molar-refractivity contribution in [2.24, 2.45) is 17.1 Å². The first-order valence-corrected chi connectivity index (χ1v) is 6.28. The van der Waals surface area contributed by atoms with E-state index in [1.54, 1.807) is 0 Å². The summed E-state index contributed by atoms with van der Waals surface area (Å²) in [4.78, 5) is 4.99. The smallest absolute Gasteiger partial charge is 0.0455 e. The lowest BCUT2D eigenvalue weighted by Crippen LogP contribution is -2.61. The van der Waals surface area contributed by atoms with Crippen molar-refractivity contribution < 1.29 is 0 Å². The molecular formula is C12H25N3. The van der Waals surface area contributed by atoms with Crippen LogP contribution < -0.4 is 5.73 Å². The minimum Gasteiger partial charge on any atom is -0.318 e. The zero-order valence-corrected chi connectivity index (χ0v) is 10.2. The molecule has 0 bridgehead atoms. The van der Waals surface area contributed by atoms with Crippen LogP contribution in [0.4, 0.5) is 0 Å². The van der Waals surface area contributed by atoms with Gasteiger partial charge in [-0.2, -0.15) is 0 Å². The van der Waals surface area contributed by atoms with Gasteiger partial charge >= 0.3 is 0 Å². The minimum absolute atomic E-state index is 0.667. The fourth-order valence-electron chi connectivity index (χ4n) is 3.07. The van der Waals surface area contributed by atoms with E-state index >= 15 is 0 Å². The minimum atomic E-state index is 0.667. The molecule has 88 valence electrons. The third-order valence-corrected chi connectivity index (χ3v) is 3.92. The zero-order valence-electron chi connectivity index (χ0n) is 10.2. The maximum absolute atomic E-state index is 5.66. The maximum Gasteiger partial charge on any atom is 0.0455 e. The summed E-state index contributed by atoms with van der Waals surface area (Å²) in [5, 5.41) is 0. The molecule has 0 amide bonds. The first kappa shape index (κ1) is 11.4. The molecule has 2 saturated heterocycles. The van der Waals surface area contributed by atoms with Crippen molar-refractivity contribution in [3.05, 3.63) is 0 Å². The summed E-state index contributed by atoms with van der Waals surface area (Å²) in [6.07, 6.45) is 2.72. The molecular weight excluding hydrogens is 186 g/mol. The molecule has 2 aliphatic rings. The third-order valence-electron chi connectivity index (χ3n) is 3.92. The van der Waals surface area contributed by atoms with Gasteiger partial charge in [0.2, 0.25) is 0 Å².